The van der Waals surface area contributed by atoms with Gasteiger partial charge in [0.15, 0.2) is 0 Å². The molecule has 1 atom stereocenters. The monoisotopic (exact) mass is 373 g/mol. The van der Waals surface area contributed by atoms with Crippen LogP contribution in [0.15, 0.2) is 66.7 Å². The second kappa shape index (κ2) is 8.40. The number of aromatic nitrogens is 2. The van der Waals surface area contributed by atoms with Gasteiger partial charge in [-0.3, -0.25) is 0 Å². The first-order valence-electron chi connectivity index (χ1n) is 9.88. The fourth-order valence-corrected chi connectivity index (χ4v) is 3.46. The number of nitrogens with one attached hydrogen (secondary N) is 1. The average molecular weight is 374 g/mol. The van der Waals surface area contributed by atoms with Gasteiger partial charge in [0.2, 0.25) is 5.95 Å². The first kappa shape index (κ1) is 18.4. The molecule has 5 nitrogen and oxygen atoms in total. The van der Waals surface area contributed by atoms with Gasteiger partial charge < -0.3 is 15.1 Å². The molecule has 0 saturated carbocycles. The molecule has 3 aromatic rings. The molecule has 0 amide bonds. The third-order valence-corrected chi connectivity index (χ3v) is 5.23. The van der Waals surface area contributed by atoms with E-state index in [0.717, 1.165) is 49.2 Å². The second-order valence-electron chi connectivity index (χ2n) is 7.37. The van der Waals surface area contributed by atoms with Crippen LogP contribution in [-0.4, -0.2) is 48.1 Å². The Kier molecular flexibility index (Phi) is 5.53. The van der Waals surface area contributed by atoms with Crippen molar-refractivity contribution in [3.8, 4) is 11.3 Å². The number of likely N-dealkylation sites (N-methyl/N-ethyl adjacent to an activating group) is 1. The molecule has 2 heterocycles. The summed E-state index contributed by atoms with van der Waals surface area (Å²) in [6.45, 7) is 6.12. The van der Waals surface area contributed by atoms with Gasteiger partial charge in [0.25, 0.3) is 0 Å². The number of piperazine rings is 1. The lowest BCUT2D eigenvalue weighted by Gasteiger charge is -2.32. The molecule has 0 bridgehead atoms. The first-order valence-corrected chi connectivity index (χ1v) is 9.88. The summed E-state index contributed by atoms with van der Waals surface area (Å²) in [7, 11) is 2.16. The number of rotatable bonds is 5. The summed E-state index contributed by atoms with van der Waals surface area (Å²) < 4.78 is 0. The summed E-state index contributed by atoms with van der Waals surface area (Å²) in [6, 6.07) is 23.0. The van der Waals surface area contributed by atoms with E-state index in [0.29, 0.717) is 0 Å². The van der Waals surface area contributed by atoms with E-state index >= 15 is 0 Å². The standard InChI is InChI=1S/C23H27N5/c1-18(19-9-5-3-6-10-19)24-22-17-21(20-11-7-4-8-12-20)25-23(26-22)28-15-13-27(2)14-16-28/h3-12,17-18H,13-16H2,1-2H3,(H,24,25,26). The topological polar surface area (TPSA) is 44.3 Å². The van der Waals surface area contributed by atoms with E-state index in [4.69, 9.17) is 9.97 Å². The molecule has 0 aliphatic carbocycles. The molecule has 1 aromatic heterocycles. The number of anilines is 2. The molecular weight excluding hydrogens is 346 g/mol. The van der Waals surface area contributed by atoms with E-state index in [1.807, 2.05) is 30.3 Å². The Balaban J connectivity index is 1.65. The van der Waals surface area contributed by atoms with Crippen molar-refractivity contribution >= 4 is 11.8 Å². The lowest BCUT2D eigenvalue weighted by Crippen LogP contribution is -2.45. The maximum atomic E-state index is 4.89. The molecule has 0 spiro atoms. The number of nitrogens with zero attached hydrogens (tertiary/aromatic N) is 4. The fraction of sp³-hybridized carbons (Fsp3) is 0.304. The van der Waals surface area contributed by atoms with Crippen LogP contribution in [0, 0.1) is 0 Å². The summed E-state index contributed by atoms with van der Waals surface area (Å²) in [5, 5.41) is 3.57. The van der Waals surface area contributed by atoms with Crippen LogP contribution in [-0.2, 0) is 0 Å². The number of hydrogen-bond acceptors (Lipinski definition) is 5. The van der Waals surface area contributed by atoms with Crippen molar-refractivity contribution in [1.29, 1.82) is 0 Å². The van der Waals surface area contributed by atoms with E-state index in [1.54, 1.807) is 0 Å². The first-order chi connectivity index (χ1) is 13.7. The van der Waals surface area contributed by atoms with Crippen molar-refractivity contribution < 1.29 is 0 Å². The largest absolute Gasteiger partial charge is 0.363 e. The number of benzene rings is 2. The molecule has 144 valence electrons. The Bertz CT molecular complexity index is 889. The van der Waals surface area contributed by atoms with Crippen molar-refractivity contribution in [2.24, 2.45) is 0 Å². The molecule has 1 aliphatic rings. The highest BCUT2D eigenvalue weighted by molar-refractivity contribution is 5.64. The molecule has 28 heavy (non-hydrogen) atoms. The lowest BCUT2D eigenvalue weighted by atomic mass is 10.1. The highest BCUT2D eigenvalue weighted by atomic mass is 15.3. The van der Waals surface area contributed by atoms with Gasteiger partial charge >= 0.3 is 0 Å². The summed E-state index contributed by atoms with van der Waals surface area (Å²) in [6.07, 6.45) is 0. The summed E-state index contributed by atoms with van der Waals surface area (Å²) in [5.41, 5.74) is 3.30. The summed E-state index contributed by atoms with van der Waals surface area (Å²) >= 11 is 0. The zero-order valence-electron chi connectivity index (χ0n) is 16.5. The van der Waals surface area contributed by atoms with Crippen LogP contribution in [0.1, 0.15) is 18.5 Å². The Morgan fingerprint density at radius 1 is 0.857 bits per heavy atom. The van der Waals surface area contributed by atoms with Crippen LogP contribution < -0.4 is 10.2 Å². The average Bonchev–Trinajstić information content (AvgIpc) is 2.75. The highest BCUT2D eigenvalue weighted by Crippen LogP contribution is 2.26. The van der Waals surface area contributed by atoms with Crippen molar-refractivity contribution in [1.82, 2.24) is 14.9 Å². The SMILES string of the molecule is CC(Nc1cc(-c2ccccc2)nc(N2CCN(C)CC2)n1)c1ccccc1. The maximum absolute atomic E-state index is 4.89. The predicted octanol–water partition coefficient (Wildman–Crippen LogP) is 4.07. The minimum Gasteiger partial charge on any atom is -0.363 e. The van der Waals surface area contributed by atoms with Crippen LogP contribution in [0.3, 0.4) is 0 Å². The lowest BCUT2D eigenvalue weighted by molar-refractivity contribution is 0.311. The summed E-state index contributed by atoms with van der Waals surface area (Å²) in [5.74, 6) is 1.66. The maximum Gasteiger partial charge on any atom is 0.227 e. The van der Waals surface area contributed by atoms with Crippen molar-refractivity contribution in [3.63, 3.8) is 0 Å². The van der Waals surface area contributed by atoms with Gasteiger partial charge in [-0.1, -0.05) is 60.7 Å². The van der Waals surface area contributed by atoms with Crippen molar-refractivity contribution in [2.75, 3.05) is 43.4 Å². The van der Waals surface area contributed by atoms with Crippen molar-refractivity contribution in [2.45, 2.75) is 13.0 Å². The molecule has 1 unspecified atom stereocenters. The van der Waals surface area contributed by atoms with Crippen LogP contribution in [0.5, 0.6) is 0 Å². The molecule has 2 aromatic carbocycles. The molecular formula is C23H27N5. The van der Waals surface area contributed by atoms with Gasteiger partial charge in [0.1, 0.15) is 5.82 Å². The van der Waals surface area contributed by atoms with E-state index in [-0.39, 0.29) is 6.04 Å². The van der Waals surface area contributed by atoms with Crippen LogP contribution in [0.25, 0.3) is 11.3 Å². The molecule has 1 fully saturated rings. The van der Waals surface area contributed by atoms with E-state index < -0.39 is 0 Å². The van der Waals surface area contributed by atoms with Gasteiger partial charge in [0.05, 0.1) is 5.69 Å². The van der Waals surface area contributed by atoms with Gasteiger partial charge in [-0.25, -0.2) is 4.98 Å². The number of hydrogen-bond donors (Lipinski definition) is 1. The van der Waals surface area contributed by atoms with Crippen LogP contribution in [0.4, 0.5) is 11.8 Å². The van der Waals surface area contributed by atoms with Crippen LogP contribution >= 0.6 is 0 Å². The van der Waals surface area contributed by atoms with E-state index in [1.165, 1.54) is 5.56 Å². The smallest absolute Gasteiger partial charge is 0.227 e. The van der Waals surface area contributed by atoms with E-state index in [9.17, 15) is 0 Å². The van der Waals surface area contributed by atoms with Crippen molar-refractivity contribution in [3.05, 3.63) is 72.3 Å². The molecule has 1 saturated heterocycles. The molecule has 4 rings (SSSR count). The van der Waals surface area contributed by atoms with Gasteiger partial charge in [-0.05, 0) is 19.5 Å². The summed E-state index contributed by atoms with van der Waals surface area (Å²) in [4.78, 5) is 14.4. The third-order valence-electron chi connectivity index (χ3n) is 5.23. The van der Waals surface area contributed by atoms with Gasteiger partial charge in [-0.15, -0.1) is 0 Å². The second-order valence-corrected chi connectivity index (χ2v) is 7.37. The fourth-order valence-electron chi connectivity index (χ4n) is 3.46. The Hall–Kier alpha value is -2.92. The molecule has 1 aliphatic heterocycles. The highest BCUT2D eigenvalue weighted by Gasteiger charge is 2.19. The zero-order chi connectivity index (χ0) is 19.3. The Labute approximate surface area is 167 Å². The molecule has 5 heteroatoms. The zero-order valence-corrected chi connectivity index (χ0v) is 16.5. The molecule has 1 N–H and O–H groups in total. The quantitative estimate of drug-likeness (QED) is 0.730. The Morgan fingerprint density at radius 2 is 1.50 bits per heavy atom. The molecule has 0 radical (unpaired) electrons. The minimum atomic E-state index is 0.167. The van der Waals surface area contributed by atoms with Crippen LogP contribution in [0.2, 0.25) is 0 Å². The Morgan fingerprint density at radius 3 is 2.18 bits per heavy atom. The minimum absolute atomic E-state index is 0.167. The normalized spacial score (nSPS) is 16.0. The van der Waals surface area contributed by atoms with Gasteiger partial charge in [-0.2, -0.15) is 4.98 Å². The predicted molar refractivity (Wildman–Crippen MR) is 116 cm³/mol. The van der Waals surface area contributed by atoms with Gasteiger partial charge in [0, 0.05) is 43.9 Å². The van der Waals surface area contributed by atoms with E-state index in [2.05, 4.69) is 65.5 Å². The third kappa shape index (κ3) is 4.31.